The highest BCUT2D eigenvalue weighted by molar-refractivity contribution is 5.76. The molecule has 16 heavy (non-hydrogen) atoms. The highest BCUT2D eigenvalue weighted by Crippen LogP contribution is 2.29. The molecule has 1 N–H and O–H groups in total. The third-order valence-electron chi connectivity index (χ3n) is 3.74. The number of nitrogens with zero attached hydrogens (tertiary/aromatic N) is 2. The van der Waals surface area contributed by atoms with E-state index in [-0.39, 0.29) is 18.0 Å². The lowest BCUT2D eigenvalue weighted by molar-refractivity contribution is -0.143. The number of amides is 2. The second-order valence-electron chi connectivity index (χ2n) is 4.74. The normalized spacial score (nSPS) is 30.9. The van der Waals surface area contributed by atoms with Crippen LogP contribution in [0.5, 0.6) is 0 Å². The number of aliphatic carboxylic acids is 1. The van der Waals surface area contributed by atoms with Gasteiger partial charge in [-0.1, -0.05) is 0 Å². The molecule has 0 aromatic carbocycles. The Bertz CT molecular complexity index is 298. The highest BCUT2D eigenvalue weighted by atomic mass is 16.4. The summed E-state index contributed by atoms with van der Waals surface area (Å²) in [6, 6.07) is 0.354. The molecule has 0 atom stereocenters. The zero-order chi connectivity index (χ0) is 11.7. The average molecular weight is 226 g/mol. The molecule has 1 saturated heterocycles. The first kappa shape index (κ1) is 11.2. The number of rotatable bonds is 2. The van der Waals surface area contributed by atoms with Gasteiger partial charge in [0, 0.05) is 26.2 Å². The number of carbonyl (C=O) groups excluding carboxylic acids is 1. The van der Waals surface area contributed by atoms with Crippen LogP contribution in [0, 0.1) is 5.92 Å². The lowest BCUT2D eigenvalue weighted by Crippen LogP contribution is -2.41. The van der Waals surface area contributed by atoms with Crippen LogP contribution < -0.4 is 0 Å². The highest BCUT2D eigenvalue weighted by Gasteiger charge is 2.35. The first-order chi connectivity index (χ1) is 7.59. The van der Waals surface area contributed by atoms with Crippen molar-refractivity contribution in [2.75, 3.05) is 20.1 Å². The zero-order valence-electron chi connectivity index (χ0n) is 9.56. The predicted octanol–water partition coefficient (Wildman–Crippen LogP) is 0.997. The van der Waals surface area contributed by atoms with Gasteiger partial charge in [0.1, 0.15) is 0 Å². The summed E-state index contributed by atoms with van der Waals surface area (Å²) in [6.07, 6.45) is 3.06. The average Bonchev–Trinajstić information content (AvgIpc) is 2.60. The molecule has 5 nitrogen and oxygen atoms in total. The van der Waals surface area contributed by atoms with Gasteiger partial charge in [-0.25, -0.2) is 4.79 Å². The van der Waals surface area contributed by atoms with Crippen LogP contribution in [0.1, 0.15) is 25.7 Å². The first-order valence-electron chi connectivity index (χ1n) is 5.84. The van der Waals surface area contributed by atoms with Crippen LogP contribution in [0.4, 0.5) is 4.79 Å². The second-order valence-corrected chi connectivity index (χ2v) is 4.74. The van der Waals surface area contributed by atoms with Crippen LogP contribution in [-0.4, -0.2) is 53.1 Å². The van der Waals surface area contributed by atoms with E-state index in [2.05, 4.69) is 0 Å². The van der Waals surface area contributed by atoms with E-state index in [9.17, 15) is 9.59 Å². The van der Waals surface area contributed by atoms with Gasteiger partial charge in [0.15, 0.2) is 0 Å². The molecule has 0 aromatic rings. The van der Waals surface area contributed by atoms with E-state index in [1.54, 1.807) is 4.90 Å². The van der Waals surface area contributed by atoms with Gasteiger partial charge < -0.3 is 14.9 Å². The third-order valence-corrected chi connectivity index (χ3v) is 3.74. The molecule has 2 amide bonds. The Hall–Kier alpha value is -1.26. The van der Waals surface area contributed by atoms with E-state index in [1.807, 2.05) is 11.9 Å². The van der Waals surface area contributed by atoms with E-state index >= 15 is 0 Å². The van der Waals surface area contributed by atoms with Gasteiger partial charge in [0.25, 0.3) is 0 Å². The molecule has 1 aliphatic heterocycles. The van der Waals surface area contributed by atoms with Gasteiger partial charge >= 0.3 is 12.0 Å². The van der Waals surface area contributed by atoms with Gasteiger partial charge in [-0.2, -0.15) is 0 Å². The fourth-order valence-corrected chi connectivity index (χ4v) is 2.64. The summed E-state index contributed by atoms with van der Waals surface area (Å²) in [7, 11) is 1.81. The molecule has 5 heteroatoms. The molecule has 0 spiro atoms. The largest absolute Gasteiger partial charge is 0.481 e. The van der Waals surface area contributed by atoms with Crippen molar-refractivity contribution in [2.45, 2.75) is 31.7 Å². The summed E-state index contributed by atoms with van der Waals surface area (Å²) >= 11 is 0. The van der Waals surface area contributed by atoms with Gasteiger partial charge in [0.05, 0.1) is 5.92 Å². The van der Waals surface area contributed by atoms with Crippen LogP contribution in [0.3, 0.4) is 0 Å². The monoisotopic (exact) mass is 226 g/mol. The molecule has 0 bridgehead atoms. The summed E-state index contributed by atoms with van der Waals surface area (Å²) < 4.78 is 0. The Morgan fingerprint density at radius 3 is 2.31 bits per heavy atom. The van der Waals surface area contributed by atoms with Crippen molar-refractivity contribution in [3.63, 3.8) is 0 Å². The van der Waals surface area contributed by atoms with Crippen molar-refractivity contribution in [2.24, 2.45) is 5.92 Å². The molecule has 90 valence electrons. The molecule has 2 aliphatic rings. The number of urea groups is 1. The van der Waals surface area contributed by atoms with E-state index < -0.39 is 5.97 Å². The predicted molar refractivity (Wildman–Crippen MR) is 58.1 cm³/mol. The number of carboxylic acids is 1. The lowest BCUT2D eigenvalue weighted by atomic mass is 9.85. The molecule has 0 radical (unpaired) electrons. The Balaban J connectivity index is 1.90. The van der Waals surface area contributed by atoms with Crippen LogP contribution in [0.15, 0.2) is 0 Å². The molecule has 0 aromatic heterocycles. The number of likely N-dealkylation sites (N-methyl/N-ethyl adjacent to an activating group) is 1. The summed E-state index contributed by atoms with van der Waals surface area (Å²) in [6.45, 7) is 1.58. The second kappa shape index (κ2) is 4.31. The molecule has 1 heterocycles. The Morgan fingerprint density at radius 2 is 1.88 bits per heavy atom. The van der Waals surface area contributed by atoms with E-state index in [1.165, 1.54) is 0 Å². The smallest absolute Gasteiger partial charge is 0.320 e. The van der Waals surface area contributed by atoms with Crippen LogP contribution in [0.25, 0.3) is 0 Å². The van der Waals surface area contributed by atoms with E-state index in [0.29, 0.717) is 12.8 Å². The maximum atomic E-state index is 11.8. The SMILES string of the molecule is CN1CCN([C@H]2CC[C@@H](C(=O)O)CC2)C1=O. The van der Waals surface area contributed by atoms with Crippen molar-refractivity contribution >= 4 is 12.0 Å². The number of carboxylic acid groups (broad SMARTS) is 1. The van der Waals surface area contributed by atoms with Crippen LogP contribution in [-0.2, 0) is 4.79 Å². The first-order valence-corrected chi connectivity index (χ1v) is 5.84. The standard InChI is InChI=1S/C11H18N2O3/c1-12-6-7-13(11(12)16)9-4-2-8(3-5-9)10(14)15/h8-9H,2-7H2,1H3,(H,14,15)/t8-,9+. The summed E-state index contributed by atoms with van der Waals surface area (Å²) in [4.78, 5) is 26.2. The van der Waals surface area contributed by atoms with Gasteiger partial charge in [-0.15, -0.1) is 0 Å². The van der Waals surface area contributed by atoms with Crippen LogP contribution >= 0.6 is 0 Å². The molecule has 0 unspecified atom stereocenters. The van der Waals surface area contributed by atoms with Crippen molar-refractivity contribution in [1.29, 1.82) is 0 Å². The molecule has 2 rings (SSSR count). The fraction of sp³-hybridized carbons (Fsp3) is 0.818. The van der Waals surface area contributed by atoms with Crippen molar-refractivity contribution in [3.05, 3.63) is 0 Å². The molecule has 1 aliphatic carbocycles. The van der Waals surface area contributed by atoms with E-state index in [0.717, 1.165) is 25.9 Å². The third kappa shape index (κ3) is 1.99. The van der Waals surface area contributed by atoms with Gasteiger partial charge in [-0.3, -0.25) is 4.79 Å². The Kier molecular flexibility index (Phi) is 3.03. The van der Waals surface area contributed by atoms with Crippen LogP contribution in [0.2, 0.25) is 0 Å². The number of carbonyl (C=O) groups is 2. The van der Waals surface area contributed by atoms with Crippen molar-refractivity contribution < 1.29 is 14.7 Å². The Labute approximate surface area is 95.0 Å². The Morgan fingerprint density at radius 1 is 1.25 bits per heavy atom. The summed E-state index contributed by atoms with van der Waals surface area (Å²) in [5, 5.41) is 8.90. The molecule has 2 fully saturated rings. The van der Waals surface area contributed by atoms with Gasteiger partial charge in [0.2, 0.25) is 0 Å². The minimum absolute atomic E-state index is 0.0961. The number of hydrogen-bond acceptors (Lipinski definition) is 2. The minimum Gasteiger partial charge on any atom is -0.481 e. The quantitative estimate of drug-likeness (QED) is 0.764. The van der Waals surface area contributed by atoms with Crippen molar-refractivity contribution in [1.82, 2.24) is 9.80 Å². The maximum absolute atomic E-state index is 11.8. The maximum Gasteiger partial charge on any atom is 0.320 e. The number of hydrogen-bond donors (Lipinski definition) is 1. The minimum atomic E-state index is -0.691. The van der Waals surface area contributed by atoms with Crippen molar-refractivity contribution in [3.8, 4) is 0 Å². The summed E-state index contributed by atoms with van der Waals surface area (Å²) in [5.74, 6) is -0.894. The van der Waals surface area contributed by atoms with E-state index in [4.69, 9.17) is 5.11 Å². The molecule has 1 saturated carbocycles. The lowest BCUT2D eigenvalue weighted by Gasteiger charge is -2.32. The summed E-state index contributed by atoms with van der Waals surface area (Å²) in [5.41, 5.74) is 0. The fourth-order valence-electron chi connectivity index (χ4n) is 2.64. The zero-order valence-corrected chi connectivity index (χ0v) is 9.56. The van der Waals surface area contributed by atoms with Gasteiger partial charge in [-0.05, 0) is 25.7 Å². The molecular formula is C11H18N2O3. The molecular weight excluding hydrogens is 208 g/mol. The topological polar surface area (TPSA) is 60.9 Å².